The Morgan fingerprint density at radius 3 is 2.32 bits per heavy atom. The van der Waals surface area contributed by atoms with Gasteiger partial charge in [-0.15, -0.1) is 0 Å². The van der Waals surface area contributed by atoms with Crippen LogP contribution in [0.25, 0.3) is 0 Å². The van der Waals surface area contributed by atoms with Crippen LogP contribution in [0.1, 0.15) is 22.7 Å². The largest absolute Gasteiger partial charge is 0.271 e. The van der Waals surface area contributed by atoms with Crippen LogP contribution in [0.4, 0.5) is 8.78 Å². The summed E-state index contributed by atoms with van der Waals surface area (Å²) in [5, 5.41) is 0. The van der Waals surface area contributed by atoms with Crippen molar-refractivity contribution in [1.82, 2.24) is 5.43 Å². The zero-order valence-corrected chi connectivity index (χ0v) is 11.8. The number of rotatable bonds is 3. The zero-order valence-electron chi connectivity index (χ0n) is 10.3. The highest BCUT2D eigenvalue weighted by Crippen LogP contribution is 2.28. The molecule has 0 saturated heterocycles. The molecule has 0 amide bonds. The first-order valence-electron chi connectivity index (χ1n) is 5.70. The highest BCUT2D eigenvalue weighted by molar-refractivity contribution is 9.10. The third-order valence-corrected chi connectivity index (χ3v) is 3.51. The summed E-state index contributed by atoms with van der Waals surface area (Å²) in [6.07, 6.45) is 0. The van der Waals surface area contributed by atoms with E-state index >= 15 is 0 Å². The highest BCUT2D eigenvalue weighted by Gasteiger charge is 2.22. The minimum Gasteiger partial charge on any atom is -0.271 e. The Morgan fingerprint density at radius 1 is 1.11 bits per heavy atom. The van der Waals surface area contributed by atoms with E-state index in [4.69, 9.17) is 5.84 Å². The van der Waals surface area contributed by atoms with Gasteiger partial charge in [0, 0.05) is 10.0 Å². The molecule has 0 spiro atoms. The quantitative estimate of drug-likeness (QED) is 0.668. The third-order valence-electron chi connectivity index (χ3n) is 2.98. The molecule has 1 atom stereocenters. The number of hydrazine groups is 1. The summed E-state index contributed by atoms with van der Waals surface area (Å²) in [4.78, 5) is 0. The minimum atomic E-state index is -0.729. The van der Waals surface area contributed by atoms with Crippen LogP contribution in [-0.2, 0) is 0 Å². The average molecular weight is 327 g/mol. The molecule has 0 bridgehead atoms. The Balaban J connectivity index is 2.54. The maximum absolute atomic E-state index is 14.1. The van der Waals surface area contributed by atoms with Gasteiger partial charge in [-0.3, -0.25) is 5.84 Å². The Bertz CT molecular complexity index is 585. The van der Waals surface area contributed by atoms with Gasteiger partial charge >= 0.3 is 0 Å². The van der Waals surface area contributed by atoms with Gasteiger partial charge in [0.1, 0.15) is 11.6 Å². The Labute approximate surface area is 118 Å². The molecule has 100 valence electrons. The number of nitrogens with two attached hydrogens (primary N) is 1. The fraction of sp³-hybridized carbons (Fsp3) is 0.143. The number of hydrogen-bond donors (Lipinski definition) is 2. The fourth-order valence-electron chi connectivity index (χ4n) is 1.94. The van der Waals surface area contributed by atoms with Crippen LogP contribution in [0.5, 0.6) is 0 Å². The Morgan fingerprint density at radius 2 is 1.74 bits per heavy atom. The summed E-state index contributed by atoms with van der Waals surface area (Å²) in [6, 6.07) is 9.04. The maximum Gasteiger partial charge on any atom is 0.134 e. The molecule has 3 N–H and O–H groups in total. The van der Waals surface area contributed by atoms with E-state index in [1.165, 1.54) is 12.1 Å². The van der Waals surface area contributed by atoms with Gasteiger partial charge in [-0.25, -0.2) is 14.2 Å². The fourth-order valence-corrected chi connectivity index (χ4v) is 2.21. The number of halogens is 3. The van der Waals surface area contributed by atoms with Crippen LogP contribution in [0, 0.1) is 18.6 Å². The van der Waals surface area contributed by atoms with Crippen molar-refractivity contribution in [2.24, 2.45) is 5.84 Å². The van der Waals surface area contributed by atoms with E-state index in [0.29, 0.717) is 11.1 Å². The van der Waals surface area contributed by atoms with Crippen LogP contribution >= 0.6 is 15.9 Å². The molecule has 2 aromatic rings. The molecule has 0 heterocycles. The Kier molecular flexibility index (Phi) is 4.29. The van der Waals surface area contributed by atoms with E-state index in [-0.39, 0.29) is 5.56 Å². The van der Waals surface area contributed by atoms with Gasteiger partial charge < -0.3 is 0 Å². The maximum atomic E-state index is 14.1. The van der Waals surface area contributed by atoms with E-state index < -0.39 is 17.7 Å². The molecule has 5 heteroatoms. The van der Waals surface area contributed by atoms with Crippen molar-refractivity contribution in [3.63, 3.8) is 0 Å². The molecule has 0 radical (unpaired) electrons. The summed E-state index contributed by atoms with van der Waals surface area (Å²) in [5.41, 5.74) is 3.47. The summed E-state index contributed by atoms with van der Waals surface area (Å²) in [5.74, 6) is 4.27. The molecule has 2 nitrogen and oxygen atoms in total. The second-order valence-electron chi connectivity index (χ2n) is 4.24. The second kappa shape index (κ2) is 5.77. The van der Waals surface area contributed by atoms with E-state index in [1.54, 1.807) is 31.2 Å². The van der Waals surface area contributed by atoms with E-state index in [0.717, 1.165) is 4.47 Å². The van der Waals surface area contributed by atoms with Gasteiger partial charge in [0.25, 0.3) is 0 Å². The molecule has 0 fully saturated rings. The first-order valence-corrected chi connectivity index (χ1v) is 6.50. The molecule has 2 rings (SSSR count). The summed E-state index contributed by atoms with van der Waals surface area (Å²) in [6.45, 7) is 1.59. The molecule has 2 aromatic carbocycles. The number of nitrogens with one attached hydrogen (secondary N) is 1. The standard InChI is InChI=1S/C14H13BrF2N2/c1-8-2-7-11(16)12(13(8)17)14(19-18)9-3-5-10(15)6-4-9/h2-7,14,19H,18H2,1H3. The van der Waals surface area contributed by atoms with Crippen LogP contribution in [-0.4, -0.2) is 0 Å². The van der Waals surface area contributed by atoms with Crippen molar-refractivity contribution in [1.29, 1.82) is 0 Å². The van der Waals surface area contributed by atoms with E-state index in [1.807, 2.05) is 0 Å². The predicted octanol–water partition coefficient (Wildman–Crippen LogP) is 3.59. The first kappa shape index (κ1) is 14.1. The number of benzene rings is 2. The lowest BCUT2D eigenvalue weighted by atomic mass is 9.96. The zero-order chi connectivity index (χ0) is 14.0. The SMILES string of the molecule is Cc1ccc(F)c(C(NN)c2ccc(Br)cc2)c1F. The summed E-state index contributed by atoms with van der Waals surface area (Å²) in [7, 11) is 0. The van der Waals surface area contributed by atoms with Crippen LogP contribution in [0.15, 0.2) is 40.9 Å². The highest BCUT2D eigenvalue weighted by atomic mass is 79.9. The molecule has 1 unspecified atom stereocenters. The van der Waals surface area contributed by atoms with Gasteiger partial charge in [0.05, 0.1) is 6.04 Å². The molecule has 0 aliphatic carbocycles. The minimum absolute atomic E-state index is 0.0650. The molecular formula is C14H13BrF2N2. The van der Waals surface area contributed by atoms with Gasteiger partial charge in [0.15, 0.2) is 0 Å². The third kappa shape index (κ3) is 2.83. The van der Waals surface area contributed by atoms with Crippen LogP contribution in [0.2, 0.25) is 0 Å². The van der Waals surface area contributed by atoms with Crippen molar-refractivity contribution in [3.05, 3.63) is 69.2 Å². The summed E-state index contributed by atoms with van der Waals surface area (Å²) >= 11 is 3.31. The first-order chi connectivity index (χ1) is 9.04. The number of hydrogen-bond acceptors (Lipinski definition) is 2. The molecule has 0 aliphatic rings. The van der Waals surface area contributed by atoms with Gasteiger partial charge in [0.2, 0.25) is 0 Å². The van der Waals surface area contributed by atoms with Crippen LogP contribution < -0.4 is 11.3 Å². The predicted molar refractivity (Wildman–Crippen MR) is 74.4 cm³/mol. The normalized spacial score (nSPS) is 12.5. The van der Waals surface area contributed by atoms with Crippen molar-refractivity contribution in [2.75, 3.05) is 0 Å². The van der Waals surface area contributed by atoms with Gasteiger partial charge in [-0.2, -0.15) is 0 Å². The smallest absolute Gasteiger partial charge is 0.134 e. The second-order valence-corrected chi connectivity index (χ2v) is 5.16. The van der Waals surface area contributed by atoms with Gasteiger partial charge in [-0.1, -0.05) is 34.1 Å². The monoisotopic (exact) mass is 326 g/mol. The van der Waals surface area contributed by atoms with Crippen molar-refractivity contribution in [2.45, 2.75) is 13.0 Å². The van der Waals surface area contributed by atoms with Crippen molar-refractivity contribution in [3.8, 4) is 0 Å². The van der Waals surface area contributed by atoms with E-state index in [9.17, 15) is 8.78 Å². The molecule has 0 aromatic heterocycles. The average Bonchev–Trinajstić information content (AvgIpc) is 2.40. The molecule has 0 aliphatic heterocycles. The summed E-state index contributed by atoms with van der Waals surface area (Å²) < 4.78 is 28.9. The van der Waals surface area contributed by atoms with Gasteiger partial charge in [-0.05, 0) is 36.2 Å². The topological polar surface area (TPSA) is 38.0 Å². The number of aryl methyl sites for hydroxylation is 1. The molecule has 19 heavy (non-hydrogen) atoms. The lowest BCUT2D eigenvalue weighted by Crippen LogP contribution is -2.30. The van der Waals surface area contributed by atoms with E-state index in [2.05, 4.69) is 21.4 Å². The molecule has 0 saturated carbocycles. The van der Waals surface area contributed by atoms with Crippen molar-refractivity contribution >= 4 is 15.9 Å². The van der Waals surface area contributed by atoms with Crippen molar-refractivity contribution < 1.29 is 8.78 Å². The lowest BCUT2D eigenvalue weighted by Gasteiger charge is -2.19. The lowest BCUT2D eigenvalue weighted by molar-refractivity contribution is 0.506. The Hall–Kier alpha value is -1.30. The van der Waals surface area contributed by atoms with Crippen LogP contribution in [0.3, 0.4) is 0 Å². The molecular weight excluding hydrogens is 314 g/mol.